The first-order valence-electron chi connectivity index (χ1n) is 2.49. The summed E-state index contributed by atoms with van der Waals surface area (Å²) in [5.74, 6) is -0.609. The van der Waals surface area contributed by atoms with Crippen LogP contribution in [0.25, 0.3) is 0 Å². The van der Waals surface area contributed by atoms with Gasteiger partial charge >= 0.3 is 13.8 Å². The molecule has 0 saturated carbocycles. The molecule has 0 atom stereocenters. The minimum absolute atomic E-state index is 0.579. The average Bonchev–Trinajstić information content (AvgIpc) is 1.85. The summed E-state index contributed by atoms with van der Waals surface area (Å²) in [6, 6.07) is 0. The van der Waals surface area contributed by atoms with Crippen molar-refractivity contribution in [3.05, 3.63) is 12.7 Å². The molecule has 0 amide bonds. The van der Waals surface area contributed by atoms with Gasteiger partial charge in [-0.3, -0.25) is 0 Å². The molecule has 0 heterocycles. The number of carbonyl (C=O) groups excluding carboxylic acids is 1. The summed E-state index contributed by atoms with van der Waals surface area (Å²) in [5, 5.41) is 7.88. The topological polar surface area (TPSA) is 124 Å². The van der Waals surface area contributed by atoms with E-state index in [0.29, 0.717) is 0 Å². The van der Waals surface area contributed by atoms with Crippen LogP contribution in [-0.4, -0.2) is 32.5 Å². The van der Waals surface area contributed by atoms with Crippen molar-refractivity contribution in [2.24, 2.45) is 0 Å². The molecule has 0 aromatic rings. The lowest BCUT2D eigenvalue weighted by atomic mass is 10.7. The summed E-state index contributed by atoms with van der Waals surface area (Å²) >= 11 is 0. The van der Waals surface area contributed by atoms with E-state index < -0.39 is 20.6 Å². The maximum absolute atomic E-state index is 9.91. The monoisotopic (exact) mass is 200 g/mol. The average molecular weight is 200 g/mol. The van der Waals surface area contributed by atoms with Gasteiger partial charge in [0.25, 0.3) is 0 Å². The van der Waals surface area contributed by atoms with Crippen LogP contribution in [0.2, 0.25) is 0 Å². The number of rotatable bonds is 2. The third kappa shape index (κ3) is 34.7. The first-order valence-corrected chi connectivity index (χ1v) is 4.06. The number of phosphoric acid groups is 1. The van der Waals surface area contributed by atoms with Crippen LogP contribution in [-0.2, 0) is 14.1 Å². The van der Waals surface area contributed by atoms with Crippen LogP contribution in [0.4, 0.5) is 0 Å². The molecule has 0 aliphatic rings. The van der Waals surface area contributed by atoms with Crippen molar-refractivity contribution in [1.82, 2.24) is 0 Å². The van der Waals surface area contributed by atoms with Gasteiger partial charge in [-0.25, -0.2) is 9.36 Å². The molecule has 0 spiro atoms. The molecule has 0 radical (unpaired) electrons. The molecule has 72 valence electrons. The van der Waals surface area contributed by atoms with Gasteiger partial charge in [0.1, 0.15) is 0 Å². The zero-order valence-corrected chi connectivity index (χ0v) is 6.85. The number of ether oxygens (including phenoxy) is 1. The van der Waals surface area contributed by atoms with Gasteiger partial charge in [0.05, 0.1) is 0 Å². The van der Waals surface area contributed by atoms with Gasteiger partial charge in [0, 0.05) is 6.08 Å². The van der Waals surface area contributed by atoms with E-state index in [9.17, 15) is 4.79 Å². The number of esters is 1. The summed E-state index contributed by atoms with van der Waals surface area (Å²) in [6.07, 6.45) is 0.982. The van der Waals surface area contributed by atoms with Gasteiger partial charge in [0.2, 0.25) is 0 Å². The van der Waals surface area contributed by atoms with E-state index in [4.69, 9.17) is 24.4 Å². The van der Waals surface area contributed by atoms with Crippen LogP contribution in [0.3, 0.4) is 0 Å². The Morgan fingerprint density at radius 3 is 1.92 bits per heavy atom. The van der Waals surface area contributed by atoms with Gasteiger partial charge in [-0.05, 0) is 0 Å². The Morgan fingerprint density at radius 2 is 1.83 bits per heavy atom. The highest BCUT2D eigenvalue weighted by Crippen LogP contribution is 2.25. The molecule has 12 heavy (non-hydrogen) atoms. The van der Waals surface area contributed by atoms with Crippen LogP contribution < -0.4 is 0 Å². The van der Waals surface area contributed by atoms with Crippen LogP contribution in [0.1, 0.15) is 0 Å². The second-order valence-corrected chi connectivity index (χ2v) is 2.34. The highest BCUT2D eigenvalue weighted by molar-refractivity contribution is 7.45. The first-order chi connectivity index (χ1) is 5.31. The minimum atomic E-state index is -4.64. The van der Waals surface area contributed by atoms with Crippen LogP contribution >= 0.6 is 7.82 Å². The van der Waals surface area contributed by atoms with Gasteiger partial charge in [0.15, 0.2) is 6.79 Å². The molecular formula is C4H9O7P. The molecule has 0 saturated heterocycles. The summed E-state index contributed by atoms with van der Waals surface area (Å²) < 4.78 is 12.9. The van der Waals surface area contributed by atoms with Gasteiger partial charge in [-0.15, -0.1) is 0 Å². The lowest BCUT2D eigenvalue weighted by Crippen LogP contribution is -1.99. The number of hydrogen-bond acceptors (Lipinski definition) is 4. The van der Waals surface area contributed by atoms with E-state index in [0.717, 1.165) is 6.08 Å². The molecule has 4 N–H and O–H groups in total. The Kier molecular flexibility index (Phi) is 8.03. The summed E-state index contributed by atoms with van der Waals surface area (Å²) in [4.78, 5) is 31.5. The third-order valence-electron chi connectivity index (χ3n) is 0.373. The summed E-state index contributed by atoms with van der Waals surface area (Å²) in [7, 11) is -4.64. The Labute approximate surface area is 68.2 Å². The van der Waals surface area contributed by atoms with Crippen LogP contribution in [0.15, 0.2) is 12.7 Å². The van der Waals surface area contributed by atoms with E-state index in [-0.39, 0.29) is 0 Å². The van der Waals surface area contributed by atoms with E-state index in [1.165, 1.54) is 0 Å². The first kappa shape index (κ1) is 13.8. The highest BCUT2D eigenvalue weighted by Gasteiger charge is 2.00. The fourth-order valence-electron chi connectivity index (χ4n) is 0.123. The van der Waals surface area contributed by atoms with Gasteiger partial charge in [-0.1, -0.05) is 6.58 Å². The predicted molar refractivity (Wildman–Crippen MR) is 37.6 cm³/mol. The zero-order valence-electron chi connectivity index (χ0n) is 5.95. The molecule has 0 fully saturated rings. The van der Waals surface area contributed by atoms with E-state index in [1.807, 2.05) is 0 Å². The Bertz CT molecular complexity index is 174. The highest BCUT2D eigenvalue weighted by atomic mass is 31.2. The molecule has 0 aromatic carbocycles. The molecular weight excluding hydrogens is 191 g/mol. The van der Waals surface area contributed by atoms with Crippen molar-refractivity contribution in [3.8, 4) is 0 Å². The van der Waals surface area contributed by atoms with Crippen molar-refractivity contribution in [3.63, 3.8) is 0 Å². The maximum atomic E-state index is 9.91. The normalized spacial score (nSPS) is 9.33. The fourth-order valence-corrected chi connectivity index (χ4v) is 0.123. The Morgan fingerprint density at radius 1 is 1.50 bits per heavy atom. The number of carbonyl (C=O) groups is 1. The van der Waals surface area contributed by atoms with Gasteiger partial charge < -0.3 is 24.5 Å². The maximum Gasteiger partial charge on any atom is 0.466 e. The fraction of sp³-hybridized carbons (Fsp3) is 0.250. The second-order valence-electron chi connectivity index (χ2n) is 1.31. The summed E-state index contributed by atoms with van der Waals surface area (Å²) in [5.41, 5.74) is 0. The zero-order chi connectivity index (χ0) is 10.2. The van der Waals surface area contributed by atoms with Crippen LogP contribution in [0.5, 0.6) is 0 Å². The van der Waals surface area contributed by atoms with Crippen molar-refractivity contribution >= 4 is 13.8 Å². The number of aliphatic hydroxyl groups is 1. The standard InChI is InChI=1S/C4H6O3.H3O4P/c1-2-4(6)7-3-5;1-5(2,3)4/h2,5H,1,3H2;(H3,1,2,3,4). The molecule has 0 aliphatic carbocycles. The molecule has 0 bridgehead atoms. The molecule has 0 rings (SSSR count). The van der Waals surface area contributed by atoms with Crippen molar-refractivity contribution < 1.29 is 33.9 Å². The Hall–Kier alpha value is -0.720. The lowest BCUT2D eigenvalue weighted by molar-refractivity contribution is -0.145. The van der Waals surface area contributed by atoms with Crippen molar-refractivity contribution in [2.75, 3.05) is 6.79 Å². The molecule has 0 aliphatic heterocycles. The summed E-state index contributed by atoms with van der Waals surface area (Å²) in [6.45, 7) is 2.52. The quantitative estimate of drug-likeness (QED) is 0.190. The predicted octanol–water partition coefficient (Wildman–Crippen LogP) is -1.26. The molecule has 0 unspecified atom stereocenters. The molecule has 8 heteroatoms. The van der Waals surface area contributed by atoms with Crippen LogP contribution in [0, 0.1) is 0 Å². The van der Waals surface area contributed by atoms with E-state index in [1.54, 1.807) is 0 Å². The van der Waals surface area contributed by atoms with Crippen molar-refractivity contribution in [2.45, 2.75) is 0 Å². The minimum Gasteiger partial charge on any atom is -0.436 e. The molecule has 7 nitrogen and oxygen atoms in total. The smallest absolute Gasteiger partial charge is 0.436 e. The van der Waals surface area contributed by atoms with Crippen molar-refractivity contribution in [1.29, 1.82) is 0 Å². The number of aliphatic hydroxyl groups excluding tert-OH is 1. The number of hydrogen-bond donors (Lipinski definition) is 4. The van der Waals surface area contributed by atoms with E-state index >= 15 is 0 Å². The lowest BCUT2D eigenvalue weighted by Gasteiger charge is -1.89. The van der Waals surface area contributed by atoms with Gasteiger partial charge in [-0.2, -0.15) is 0 Å². The Balaban J connectivity index is 0. The largest absolute Gasteiger partial charge is 0.466 e. The SMILES string of the molecule is C=CC(=O)OCO.O=P(O)(O)O. The second kappa shape index (κ2) is 6.96. The van der Waals surface area contributed by atoms with E-state index in [2.05, 4.69) is 11.3 Å². The molecule has 0 aromatic heterocycles. The third-order valence-corrected chi connectivity index (χ3v) is 0.373.